The minimum absolute atomic E-state index is 0. The van der Waals surface area contributed by atoms with E-state index in [2.05, 4.69) is 30.1 Å². The van der Waals surface area contributed by atoms with E-state index in [0.29, 0.717) is 36.4 Å². The molecule has 0 saturated heterocycles. The fourth-order valence-corrected chi connectivity index (χ4v) is 3.54. The van der Waals surface area contributed by atoms with Crippen LogP contribution in [0.3, 0.4) is 0 Å². The minimum Gasteiger partial charge on any atom is -0.497 e. The molecule has 0 unspecified atom stereocenters. The van der Waals surface area contributed by atoms with Crippen molar-refractivity contribution >= 4 is 29.9 Å². The molecule has 172 valence electrons. The molecule has 1 aliphatic rings. The van der Waals surface area contributed by atoms with E-state index in [9.17, 15) is 8.78 Å². The zero-order chi connectivity index (χ0) is 21.3. The molecule has 1 aromatic carbocycles. The van der Waals surface area contributed by atoms with E-state index in [1.165, 1.54) is 38.9 Å². The van der Waals surface area contributed by atoms with Crippen molar-refractivity contribution in [1.82, 2.24) is 20.4 Å². The third-order valence-electron chi connectivity index (χ3n) is 5.03. The zero-order valence-electron chi connectivity index (χ0n) is 17.8. The van der Waals surface area contributed by atoms with E-state index >= 15 is 0 Å². The lowest BCUT2D eigenvalue weighted by Crippen LogP contribution is -2.37. The van der Waals surface area contributed by atoms with Gasteiger partial charge in [-0.2, -0.15) is 13.9 Å². The monoisotopic (exact) mass is 549 g/mol. The molecule has 1 heterocycles. The predicted octanol–water partition coefficient (Wildman–Crippen LogP) is 4.48. The van der Waals surface area contributed by atoms with E-state index in [4.69, 9.17) is 4.74 Å². The summed E-state index contributed by atoms with van der Waals surface area (Å²) in [6.45, 7) is 0.404. The van der Waals surface area contributed by atoms with Crippen molar-refractivity contribution in [3.8, 4) is 11.5 Å². The fraction of sp³-hybridized carbons (Fsp3) is 0.524. The molecule has 7 nitrogen and oxygen atoms in total. The summed E-state index contributed by atoms with van der Waals surface area (Å²) in [6, 6.07) is 7.20. The van der Waals surface area contributed by atoms with Crippen molar-refractivity contribution in [2.45, 2.75) is 58.3 Å². The second kappa shape index (κ2) is 12.7. The number of aliphatic imine (C=N–C) groups is 1. The molecule has 1 saturated carbocycles. The van der Waals surface area contributed by atoms with Crippen LogP contribution in [-0.4, -0.2) is 36.0 Å². The summed E-state index contributed by atoms with van der Waals surface area (Å²) >= 11 is 0. The van der Waals surface area contributed by atoms with Gasteiger partial charge in [-0.05, 0) is 44.0 Å². The van der Waals surface area contributed by atoms with Crippen LogP contribution in [0, 0.1) is 0 Å². The first kappa shape index (κ1) is 25.2. The Bertz CT molecular complexity index is 841. The number of aromatic nitrogens is 2. The number of guanidine groups is 1. The van der Waals surface area contributed by atoms with Gasteiger partial charge >= 0.3 is 6.61 Å². The Morgan fingerprint density at radius 2 is 2.03 bits per heavy atom. The summed E-state index contributed by atoms with van der Waals surface area (Å²) in [5.41, 5.74) is 1.44. The van der Waals surface area contributed by atoms with E-state index in [0.717, 1.165) is 5.69 Å². The third-order valence-corrected chi connectivity index (χ3v) is 5.03. The van der Waals surface area contributed by atoms with Gasteiger partial charge in [0.15, 0.2) is 5.96 Å². The first-order valence-electron chi connectivity index (χ1n) is 10.3. The quantitative estimate of drug-likeness (QED) is 0.274. The Kier molecular flexibility index (Phi) is 10.3. The Labute approximate surface area is 198 Å². The number of nitrogens with one attached hydrogen (secondary N) is 2. The highest BCUT2D eigenvalue weighted by atomic mass is 127. The van der Waals surface area contributed by atoms with Crippen molar-refractivity contribution in [2.75, 3.05) is 13.7 Å². The molecule has 1 fully saturated rings. The van der Waals surface area contributed by atoms with Gasteiger partial charge in [0, 0.05) is 18.3 Å². The van der Waals surface area contributed by atoms with Crippen molar-refractivity contribution in [3.05, 3.63) is 41.7 Å². The van der Waals surface area contributed by atoms with E-state index in [1.54, 1.807) is 12.1 Å². The van der Waals surface area contributed by atoms with Crippen LogP contribution in [0.4, 0.5) is 8.78 Å². The van der Waals surface area contributed by atoms with Gasteiger partial charge in [0.25, 0.3) is 0 Å². The molecule has 2 aromatic rings. The molecular formula is C21H30F2IN5O2. The molecule has 2 N–H and O–H groups in total. The number of rotatable bonds is 9. The van der Waals surface area contributed by atoms with E-state index in [-0.39, 0.29) is 36.3 Å². The molecule has 0 aliphatic heterocycles. The summed E-state index contributed by atoms with van der Waals surface area (Å²) in [7, 11) is 1.52. The van der Waals surface area contributed by atoms with Crippen LogP contribution < -0.4 is 20.1 Å². The van der Waals surface area contributed by atoms with Gasteiger partial charge in [0.05, 0.1) is 31.9 Å². The smallest absolute Gasteiger partial charge is 0.387 e. The van der Waals surface area contributed by atoms with Gasteiger partial charge in [-0.1, -0.05) is 12.8 Å². The average molecular weight is 549 g/mol. The van der Waals surface area contributed by atoms with Crippen molar-refractivity contribution < 1.29 is 18.3 Å². The second-order valence-corrected chi connectivity index (χ2v) is 7.13. The highest BCUT2D eigenvalue weighted by Gasteiger charge is 2.17. The molecule has 0 amide bonds. The maximum Gasteiger partial charge on any atom is 0.387 e. The lowest BCUT2D eigenvalue weighted by Gasteiger charge is -2.13. The highest BCUT2D eigenvalue weighted by molar-refractivity contribution is 14.0. The van der Waals surface area contributed by atoms with Gasteiger partial charge in [0.1, 0.15) is 11.5 Å². The van der Waals surface area contributed by atoms with Crippen molar-refractivity contribution in [2.24, 2.45) is 4.99 Å². The van der Waals surface area contributed by atoms with Crippen LogP contribution in [0.5, 0.6) is 11.5 Å². The first-order valence-corrected chi connectivity index (χ1v) is 10.3. The summed E-state index contributed by atoms with van der Waals surface area (Å²) in [5, 5.41) is 11.1. The van der Waals surface area contributed by atoms with Gasteiger partial charge in [-0.25, -0.2) is 4.99 Å². The first-order chi connectivity index (χ1) is 14.6. The molecule has 31 heavy (non-hydrogen) atoms. The Hall–Kier alpha value is -2.11. The lowest BCUT2D eigenvalue weighted by atomic mass is 10.2. The average Bonchev–Trinajstić information content (AvgIpc) is 3.42. The zero-order valence-corrected chi connectivity index (χ0v) is 20.1. The molecule has 1 aliphatic carbocycles. The molecule has 0 bridgehead atoms. The van der Waals surface area contributed by atoms with Gasteiger partial charge in [-0.15, -0.1) is 24.0 Å². The molecule has 0 radical (unpaired) electrons. The van der Waals surface area contributed by atoms with E-state index < -0.39 is 6.61 Å². The number of halogens is 3. The van der Waals surface area contributed by atoms with Crippen molar-refractivity contribution in [1.29, 1.82) is 0 Å². The number of benzene rings is 1. The number of hydrogen-bond acceptors (Lipinski definition) is 4. The number of ether oxygens (including phenoxy) is 2. The van der Waals surface area contributed by atoms with Crippen LogP contribution >= 0.6 is 24.0 Å². The summed E-state index contributed by atoms with van der Waals surface area (Å²) < 4.78 is 37.2. The number of alkyl halides is 2. The topological polar surface area (TPSA) is 72.7 Å². The molecule has 0 spiro atoms. The Morgan fingerprint density at radius 1 is 1.26 bits per heavy atom. The maximum absolute atomic E-state index is 12.7. The number of nitrogens with zero attached hydrogens (tertiary/aromatic N) is 3. The minimum atomic E-state index is -2.90. The van der Waals surface area contributed by atoms with Crippen LogP contribution in [-0.2, 0) is 13.1 Å². The fourth-order valence-electron chi connectivity index (χ4n) is 3.54. The molecule has 10 heteroatoms. The summed E-state index contributed by atoms with van der Waals surface area (Å²) in [5.74, 6) is 1.21. The highest BCUT2D eigenvalue weighted by Crippen LogP contribution is 2.29. The maximum atomic E-state index is 12.7. The second-order valence-electron chi connectivity index (χ2n) is 7.13. The van der Waals surface area contributed by atoms with Gasteiger partial charge < -0.3 is 20.1 Å². The number of hydrogen-bond donors (Lipinski definition) is 2. The van der Waals surface area contributed by atoms with Gasteiger partial charge in [-0.3, -0.25) is 4.68 Å². The van der Waals surface area contributed by atoms with Crippen molar-refractivity contribution in [3.63, 3.8) is 0 Å². The molecule has 3 rings (SSSR count). The number of methoxy groups -OCH3 is 1. The van der Waals surface area contributed by atoms with Crippen LogP contribution in [0.15, 0.2) is 35.5 Å². The Morgan fingerprint density at radius 3 is 2.71 bits per heavy atom. The summed E-state index contributed by atoms with van der Waals surface area (Å²) in [6.07, 6.45) is 6.92. The van der Waals surface area contributed by atoms with Crippen LogP contribution in [0.25, 0.3) is 0 Å². The molecular weight excluding hydrogens is 519 g/mol. The molecule has 1 aromatic heterocycles. The normalized spacial score (nSPS) is 14.4. The Balaban J connectivity index is 0.00000341. The predicted molar refractivity (Wildman–Crippen MR) is 126 cm³/mol. The van der Waals surface area contributed by atoms with Crippen LogP contribution in [0.1, 0.15) is 49.9 Å². The summed E-state index contributed by atoms with van der Waals surface area (Å²) in [4.78, 5) is 4.51. The van der Waals surface area contributed by atoms with Crippen LogP contribution in [0.2, 0.25) is 0 Å². The third kappa shape index (κ3) is 7.51. The lowest BCUT2D eigenvalue weighted by molar-refractivity contribution is -0.0504. The van der Waals surface area contributed by atoms with E-state index in [1.807, 2.05) is 19.2 Å². The molecule has 0 atom stereocenters. The largest absolute Gasteiger partial charge is 0.497 e. The standard InChI is InChI=1S/C21H29F2N5O2.HI/c1-3-24-21(26-14-16-10-11-28(27-16)17-6-4-5-7-17)25-13-15-12-18(29-2)8-9-19(15)30-20(22)23;/h8-12,17,20H,3-7,13-14H2,1-2H3,(H2,24,25,26);1H. The SMILES string of the molecule is CCNC(=NCc1cc(OC)ccc1OC(F)F)NCc1ccn(C2CCCC2)n1.I. The van der Waals surface area contributed by atoms with Gasteiger partial charge in [0.2, 0.25) is 0 Å².